The van der Waals surface area contributed by atoms with Crippen molar-refractivity contribution >= 4 is 11.3 Å². The number of aromatic nitrogens is 1. The lowest BCUT2D eigenvalue weighted by atomic mass is 9.93. The van der Waals surface area contributed by atoms with Crippen molar-refractivity contribution in [2.24, 2.45) is 11.7 Å². The Morgan fingerprint density at radius 3 is 2.86 bits per heavy atom. The smallest absolute Gasteiger partial charge is 0.123 e. The largest absolute Gasteiger partial charge is 0.330 e. The zero-order valence-corrected chi connectivity index (χ0v) is 13.4. The molecule has 2 N–H and O–H groups in total. The van der Waals surface area contributed by atoms with E-state index in [0.29, 0.717) is 12.0 Å². The summed E-state index contributed by atoms with van der Waals surface area (Å²) in [6.07, 6.45) is 2.51. The Labute approximate surface area is 130 Å². The Kier molecular flexibility index (Phi) is 4.68. The molecule has 0 aliphatic carbocycles. The van der Waals surface area contributed by atoms with Gasteiger partial charge >= 0.3 is 0 Å². The van der Waals surface area contributed by atoms with Crippen LogP contribution in [0.5, 0.6) is 0 Å². The monoisotopic (exact) mass is 301 g/mol. The zero-order chi connectivity index (χ0) is 14.7. The molecule has 0 amide bonds. The van der Waals surface area contributed by atoms with Crippen LogP contribution in [0.15, 0.2) is 35.7 Å². The van der Waals surface area contributed by atoms with Gasteiger partial charge in [-0.25, -0.2) is 4.98 Å². The van der Waals surface area contributed by atoms with Crippen LogP contribution in [0.4, 0.5) is 0 Å². The van der Waals surface area contributed by atoms with Crippen molar-refractivity contribution in [3.63, 3.8) is 0 Å². The van der Waals surface area contributed by atoms with Gasteiger partial charge in [0.25, 0.3) is 0 Å². The zero-order valence-electron chi connectivity index (χ0n) is 12.5. The fourth-order valence-corrected chi connectivity index (χ4v) is 3.79. The minimum Gasteiger partial charge on any atom is -0.330 e. The number of piperidine rings is 1. The Morgan fingerprint density at radius 2 is 2.10 bits per heavy atom. The Morgan fingerprint density at radius 1 is 1.29 bits per heavy atom. The van der Waals surface area contributed by atoms with Crippen molar-refractivity contribution in [1.29, 1.82) is 0 Å². The van der Waals surface area contributed by atoms with Gasteiger partial charge in [-0.05, 0) is 32.2 Å². The van der Waals surface area contributed by atoms with E-state index in [1.807, 2.05) is 6.07 Å². The molecule has 1 aliphatic rings. The fraction of sp³-hybridized carbons (Fsp3) is 0.471. The highest BCUT2D eigenvalue weighted by atomic mass is 32.1. The number of benzene rings is 1. The van der Waals surface area contributed by atoms with Crippen molar-refractivity contribution in [2.45, 2.75) is 32.4 Å². The lowest BCUT2D eigenvalue weighted by Crippen LogP contribution is -2.43. The predicted octanol–water partition coefficient (Wildman–Crippen LogP) is 3.37. The summed E-state index contributed by atoms with van der Waals surface area (Å²) < 4.78 is 0. The third-order valence-electron chi connectivity index (χ3n) is 4.38. The van der Waals surface area contributed by atoms with Crippen molar-refractivity contribution < 1.29 is 0 Å². The lowest BCUT2D eigenvalue weighted by Gasteiger charge is -2.37. The van der Waals surface area contributed by atoms with Gasteiger partial charge in [0.05, 0.1) is 5.69 Å². The van der Waals surface area contributed by atoms with E-state index in [4.69, 9.17) is 10.7 Å². The van der Waals surface area contributed by atoms with Gasteiger partial charge in [-0.1, -0.05) is 30.3 Å². The fourth-order valence-electron chi connectivity index (χ4n) is 2.98. The normalized spacial score (nSPS) is 23.3. The first-order valence-electron chi connectivity index (χ1n) is 7.70. The van der Waals surface area contributed by atoms with Crippen LogP contribution in [0, 0.1) is 5.92 Å². The molecule has 21 heavy (non-hydrogen) atoms. The van der Waals surface area contributed by atoms with E-state index >= 15 is 0 Å². The third-order valence-corrected chi connectivity index (χ3v) is 5.32. The number of nitrogens with two attached hydrogens (primary N) is 1. The van der Waals surface area contributed by atoms with Crippen LogP contribution in [0.1, 0.15) is 25.5 Å². The van der Waals surface area contributed by atoms with Crippen LogP contribution in [0.2, 0.25) is 0 Å². The number of rotatable bonds is 4. The molecule has 1 saturated heterocycles. The van der Waals surface area contributed by atoms with Crippen LogP contribution in [0.3, 0.4) is 0 Å². The van der Waals surface area contributed by atoms with Crippen LogP contribution >= 0.6 is 11.3 Å². The molecule has 0 bridgehead atoms. The summed E-state index contributed by atoms with van der Waals surface area (Å²) in [5, 5.41) is 3.31. The second-order valence-electron chi connectivity index (χ2n) is 5.97. The lowest BCUT2D eigenvalue weighted by molar-refractivity contribution is 0.112. The van der Waals surface area contributed by atoms with Crippen LogP contribution < -0.4 is 5.73 Å². The highest BCUT2D eigenvalue weighted by Crippen LogP contribution is 2.26. The van der Waals surface area contributed by atoms with Gasteiger partial charge in [-0.15, -0.1) is 11.3 Å². The molecule has 0 saturated carbocycles. The molecule has 1 aliphatic heterocycles. The van der Waals surface area contributed by atoms with E-state index in [1.165, 1.54) is 24.1 Å². The second-order valence-corrected chi connectivity index (χ2v) is 6.83. The average molecular weight is 301 g/mol. The second kappa shape index (κ2) is 6.69. The maximum atomic E-state index is 5.84. The van der Waals surface area contributed by atoms with Crippen LogP contribution in [-0.2, 0) is 6.54 Å². The molecule has 1 fully saturated rings. The minimum atomic E-state index is 0.634. The van der Waals surface area contributed by atoms with Crippen molar-refractivity contribution in [1.82, 2.24) is 9.88 Å². The molecular formula is C17H23N3S. The highest BCUT2D eigenvalue weighted by molar-refractivity contribution is 7.13. The number of nitrogens with zero attached hydrogens (tertiary/aromatic N) is 2. The number of hydrogen-bond donors (Lipinski definition) is 1. The Bertz CT molecular complexity index is 566. The van der Waals surface area contributed by atoms with Gasteiger partial charge in [-0.2, -0.15) is 0 Å². The molecule has 4 heteroatoms. The molecule has 2 aromatic rings. The highest BCUT2D eigenvalue weighted by Gasteiger charge is 2.25. The van der Waals surface area contributed by atoms with Gasteiger partial charge < -0.3 is 5.73 Å². The van der Waals surface area contributed by atoms with E-state index in [9.17, 15) is 0 Å². The van der Waals surface area contributed by atoms with Gasteiger partial charge in [0.2, 0.25) is 0 Å². The standard InChI is InChI=1S/C17H23N3S/c1-13-7-8-14(9-18)10-20(13)11-16-12-21-17(19-16)15-5-3-2-4-6-15/h2-6,12-14H,7-11,18H2,1H3. The molecule has 1 aromatic carbocycles. The summed E-state index contributed by atoms with van der Waals surface area (Å²) in [7, 11) is 0. The van der Waals surface area contributed by atoms with Crippen LogP contribution in [0.25, 0.3) is 10.6 Å². The van der Waals surface area contributed by atoms with Crippen molar-refractivity contribution in [3.8, 4) is 10.6 Å². The van der Waals surface area contributed by atoms with Gasteiger partial charge in [-0.3, -0.25) is 4.90 Å². The van der Waals surface area contributed by atoms with E-state index in [-0.39, 0.29) is 0 Å². The molecule has 112 valence electrons. The maximum absolute atomic E-state index is 5.84. The predicted molar refractivity (Wildman–Crippen MR) is 89.2 cm³/mol. The summed E-state index contributed by atoms with van der Waals surface area (Å²) >= 11 is 1.74. The Balaban J connectivity index is 1.69. The summed E-state index contributed by atoms with van der Waals surface area (Å²) in [6.45, 7) is 5.17. The SMILES string of the molecule is CC1CCC(CN)CN1Cc1csc(-c2ccccc2)n1. The summed E-state index contributed by atoms with van der Waals surface area (Å²) in [5.41, 5.74) is 8.24. The van der Waals surface area contributed by atoms with E-state index < -0.39 is 0 Å². The Hall–Kier alpha value is -1.23. The quantitative estimate of drug-likeness (QED) is 0.941. The van der Waals surface area contributed by atoms with Gasteiger partial charge in [0.1, 0.15) is 5.01 Å². The first-order chi connectivity index (χ1) is 10.3. The first-order valence-corrected chi connectivity index (χ1v) is 8.58. The molecule has 3 nitrogen and oxygen atoms in total. The molecule has 1 aromatic heterocycles. The van der Waals surface area contributed by atoms with E-state index in [1.54, 1.807) is 11.3 Å². The van der Waals surface area contributed by atoms with Gasteiger partial charge in [0, 0.05) is 30.1 Å². The average Bonchev–Trinajstić information content (AvgIpc) is 2.99. The topological polar surface area (TPSA) is 42.1 Å². The minimum absolute atomic E-state index is 0.634. The molecule has 0 spiro atoms. The molecular weight excluding hydrogens is 278 g/mol. The maximum Gasteiger partial charge on any atom is 0.123 e. The third kappa shape index (κ3) is 3.51. The van der Waals surface area contributed by atoms with E-state index in [0.717, 1.165) is 24.6 Å². The number of hydrogen-bond acceptors (Lipinski definition) is 4. The van der Waals surface area contributed by atoms with Crippen LogP contribution in [-0.4, -0.2) is 29.0 Å². The van der Waals surface area contributed by atoms with Crippen molar-refractivity contribution in [3.05, 3.63) is 41.4 Å². The number of thiazole rings is 1. The summed E-state index contributed by atoms with van der Waals surface area (Å²) in [6, 6.07) is 11.0. The van der Waals surface area contributed by atoms with E-state index in [2.05, 4.69) is 41.5 Å². The molecule has 2 atom stereocenters. The number of likely N-dealkylation sites (tertiary alicyclic amines) is 1. The van der Waals surface area contributed by atoms with Gasteiger partial charge in [0.15, 0.2) is 0 Å². The molecule has 0 radical (unpaired) electrons. The first kappa shape index (κ1) is 14.7. The molecule has 2 heterocycles. The molecule has 3 rings (SSSR count). The molecule has 2 unspecified atom stereocenters. The summed E-state index contributed by atoms with van der Waals surface area (Å²) in [5.74, 6) is 0.647. The van der Waals surface area contributed by atoms with Crippen molar-refractivity contribution in [2.75, 3.05) is 13.1 Å². The summed E-state index contributed by atoms with van der Waals surface area (Å²) in [4.78, 5) is 7.34.